The maximum absolute atomic E-state index is 6.03. The van der Waals surface area contributed by atoms with Gasteiger partial charge in [-0.2, -0.15) is 0 Å². The zero-order valence-electron chi connectivity index (χ0n) is 8.13. The van der Waals surface area contributed by atoms with Gasteiger partial charge in [0.25, 0.3) is 0 Å². The highest BCUT2D eigenvalue weighted by Crippen LogP contribution is 2.42. The van der Waals surface area contributed by atoms with Gasteiger partial charge in [0.05, 0.1) is 0 Å². The Morgan fingerprint density at radius 3 is 2.25 bits per heavy atom. The molecule has 2 rings (SSSR count). The smallest absolute Gasteiger partial charge is 0.00441 e. The molecule has 2 N–H and O–H groups in total. The summed E-state index contributed by atoms with van der Waals surface area (Å²) in [5.74, 6) is 2.93. The number of hydrogen-bond acceptors (Lipinski definition) is 1. The predicted molar refractivity (Wildman–Crippen MR) is 51.8 cm³/mol. The SMILES string of the molecule is C[C@@H]1CC(C2CCC2)C[C@H](N)C1. The molecular formula is C11H21N. The maximum Gasteiger partial charge on any atom is 0.00441 e. The lowest BCUT2D eigenvalue weighted by atomic mass is 9.67. The molecule has 0 amide bonds. The molecule has 0 spiro atoms. The molecule has 2 aliphatic rings. The van der Waals surface area contributed by atoms with Crippen LogP contribution in [0.2, 0.25) is 0 Å². The van der Waals surface area contributed by atoms with Gasteiger partial charge < -0.3 is 5.73 Å². The lowest BCUT2D eigenvalue weighted by Crippen LogP contribution is -2.36. The number of rotatable bonds is 1. The Kier molecular flexibility index (Phi) is 2.40. The lowest BCUT2D eigenvalue weighted by molar-refractivity contribution is 0.126. The Hall–Kier alpha value is -0.0400. The second kappa shape index (κ2) is 3.37. The van der Waals surface area contributed by atoms with Gasteiger partial charge in [0.1, 0.15) is 0 Å². The van der Waals surface area contributed by atoms with E-state index < -0.39 is 0 Å². The monoisotopic (exact) mass is 167 g/mol. The highest BCUT2D eigenvalue weighted by molar-refractivity contribution is 4.86. The van der Waals surface area contributed by atoms with Crippen molar-refractivity contribution in [2.75, 3.05) is 0 Å². The summed E-state index contributed by atoms with van der Waals surface area (Å²) in [5.41, 5.74) is 6.03. The molecular weight excluding hydrogens is 146 g/mol. The normalized spacial score (nSPS) is 44.0. The summed E-state index contributed by atoms with van der Waals surface area (Å²) in [6.07, 6.45) is 8.50. The number of hydrogen-bond donors (Lipinski definition) is 1. The van der Waals surface area contributed by atoms with E-state index in [1.54, 1.807) is 0 Å². The summed E-state index contributed by atoms with van der Waals surface area (Å²) in [7, 11) is 0. The largest absolute Gasteiger partial charge is 0.328 e. The molecule has 70 valence electrons. The second-order valence-electron chi connectivity index (χ2n) is 5.02. The molecule has 0 aromatic heterocycles. The molecule has 2 aliphatic carbocycles. The minimum absolute atomic E-state index is 0.513. The van der Waals surface area contributed by atoms with Crippen LogP contribution in [0.25, 0.3) is 0 Å². The van der Waals surface area contributed by atoms with Gasteiger partial charge >= 0.3 is 0 Å². The molecule has 3 atom stereocenters. The maximum atomic E-state index is 6.03. The lowest BCUT2D eigenvalue weighted by Gasteiger charge is -2.40. The number of nitrogens with two attached hydrogens (primary N) is 1. The van der Waals surface area contributed by atoms with E-state index in [2.05, 4.69) is 6.92 Å². The van der Waals surface area contributed by atoms with Gasteiger partial charge in [-0.25, -0.2) is 0 Å². The minimum atomic E-state index is 0.513. The molecule has 12 heavy (non-hydrogen) atoms. The Labute approximate surface area is 75.7 Å². The van der Waals surface area contributed by atoms with E-state index in [4.69, 9.17) is 5.73 Å². The first-order valence-electron chi connectivity index (χ1n) is 5.51. The molecule has 1 heteroatoms. The summed E-state index contributed by atoms with van der Waals surface area (Å²) in [5, 5.41) is 0. The van der Waals surface area contributed by atoms with Crippen molar-refractivity contribution in [1.29, 1.82) is 0 Å². The molecule has 0 aliphatic heterocycles. The molecule has 0 aromatic rings. The Morgan fingerprint density at radius 1 is 1.00 bits per heavy atom. The summed E-state index contributed by atoms with van der Waals surface area (Å²) >= 11 is 0. The fourth-order valence-electron chi connectivity index (χ4n) is 3.01. The summed E-state index contributed by atoms with van der Waals surface area (Å²) in [6, 6.07) is 0.513. The van der Waals surface area contributed by atoms with Crippen molar-refractivity contribution in [3.63, 3.8) is 0 Å². The van der Waals surface area contributed by atoms with Gasteiger partial charge in [-0.1, -0.05) is 26.2 Å². The molecule has 0 saturated heterocycles. The van der Waals surface area contributed by atoms with E-state index in [1.807, 2.05) is 0 Å². The summed E-state index contributed by atoms with van der Waals surface area (Å²) < 4.78 is 0. The Bertz CT molecular complexity index is 141. The van der Waals surface area contributed by atoms with Crippen LogP contribution in [0.4, 0.5) is 0 Å². The van der Waals surface area contributed by atoms with Crippen LogP contribution >= 0.6 is 0 Å². The zero-order chi connectivity index (χ0) is 8.55. The van der Waals surface area contributed by atoms with Crippen LogP contribution in [0.15, 0.2) is 0 Å². The van der Waals surface area contributed by atoms with Crippen LogP contribution < -0.4 is 5.73 Å². The van der Waals surface area contributed by atoms with Gasteiger partial charge in [-0.05, 0) is 37.0 Å². The average Bonchev–Trinajstić information content (AvgIpc) is 1.79. The van der Waals surface area contributed by atoms with E-state index in [0.29, 0.717) is 6.04 Å². The van der Waals surface area contributed by atoms with E-state index >= 15 is 0 Å². The first kappa shape index (κ1) is 8.55. The van der Waals surface area contributed by atoms with Crippen LogP contribution in [0.3, 0.4) is 0 Å². The van der Waals surface area contributed by atoms with Crippen molar-refractivity contribution in [1.82, 2.24) is 0 Å². The van der Waals surface area contributed by atoms with Crippen LogP contribution in [0, 0.1) is 17.8 Å². The van der Waals surface area contributed by atoms with Crippen LogP contribution in [-0.4, -0.2) is 6.04 Å². The third kappa shape index (κ3) is 1.66. The first-order valence-corrected chi connectivity index (χ1v) is 5.51. The van der Waals surface area contributed by atoms with Gasteiger partial charge in [-0.3, -0.25) is 0 Å². The molecule has 0 radical (unpaired) electrons. The third-order valence-electron chi connectivity index (χ3n) is 3.83. The topological polar surface area (TPSA) is 26.0 Å². The highest BCUT2D eigenvalue weighted by atomic mass is 14.6. The first-order chi connectivity index (χ1) is 5.75. The van der Waals surface area contributed by atoms with Crippen molar-refractivity contribution in [2.45, 2.75) is 51.5 Å². The van der Waals surface area contributed by atoms with Crippen molar-refractivity contribution < 1.29 is 0 Å². The highest BCUT2D eigenvalue weighted by Gasteiger charge is 2.32. The standard InChI is InChI=1S/C11H21N/c1-8-5-10(7-11(12)6-8)9-3-2-4-9/h8-11H,2-7,12H2,1H3/t8-,10?,11-/m1/s1. The van der Waals surface area contributed by atoms with E-state index in [9.17, 15) is 0 Å². The van der Waals surface area contributed by atoms with E-state index in [0.717, 1.165) is 17.8 Å². The second-order valence-corrected chi connectivity index (χ2v) is 5.02. The molecule has 1 nitrogen and oxygen atoms in total. The summed E-state index contributed by atoms with van der Waals surface area (Å²) in [4.78, 5) is 0. The Morgan fingerprint density at radius 2 is 1.75 bits per heavy atom. The van der Waals surface area contributed by atoms with Crippen LogP contribution in [-0.2, 0) is 0 Å². The van der Waals surface area contributed by atoms with Gasteiger partial charge in [0.2, 0.25) is 0 Å². The molecule has 0 aromatic carbocycles. The fraction of sp³-hybridized carbons (Fsp3) is 1.00. The van der Waals surface area contributed by atoms with Crippen molar-refractivity contribution >= 4 is 0 Å². The quantitative estimate of drug-likeness (QED) is 0.638. The van der Waals surface area contributed by atoms with E-state index in [1.165, 1.54) is 38.5 Å². The third-order valence-corrected chi connectivity index (χ3v) is 3.83. The molecule has 1 unspecified atom stereocenters. The average molecular weight is 167 g/mol. The van der Waals surface area contributed by atoms with Crippen molar-refractivity contribution in [3.8, 4) is 0 Å². The molecule has 0 bridgehead atoms. The zero-order valence-corrected chi connectivity index (χ0v) is 8.13. The molecule has 0 heterocycles. The molecule has 2 saturated carbocycles. The van der Waals surface area contributed by atoms with Gasteiger partial charge in [0.15, 0.2) is 0 Å². The minimum Gasteiger partial charge on any atom is -0.328 e. The van der Waals surface area contributed by atoms with E-state index in [-0.39, 0.29) is 0 Å². The van der Waals surface area contributed by atoms with Crippen molar-refractivity contribution in [3.05, 3.63) is 0 Å². The summed E-state index contributed by atoms with van der Waals surface area (Å²) in [6.45, 7) is 2.37. The predicted octanol–water partition coefficient (Wildman–Crippen LogP) is 2.55. The molecule has 2 fully saturated rings. The fourth-order valence-corrected chi connectivity index (χ4v) is 3.01. The van der Waals surface area contributed by atoms with Crippen LogP contribution in [0.1, 0.15) is 45.4 Å². The van der Waals surface area contributed by atoms with Gasteiger partial charge in [0, 0.05) is 6.04 Å². The van der Waals surface area contributed by atoms with Gasteiger partial charge in [-0.15, -0.1) is 0 Å². The van der Waals surface area contributed by atoms with Crippen molar-refractivity contribution in [2.24, 2.45) is 23.5 Å². The van der Waals surface area contributed by atoms with Crippen LogP contribution in [0.5, 0.6) is 0 Å². The Balaban J connectivity index is 1.87.